The molecule has 2 saturated heterocycles. The highest BCUT2D eigenvalue weighted by Gasteiger charge is 2.54. The van der Waals surface area contributed by atoms with Gasteiger partial charge in [-0.1, -0.05) is 30.3 Å². The number of benzene rings is 1. The number of likely N-dealkylation sites (tertiary alicyclic amines) is 1. The number of hydrogen-bond donors (Lipinski definition) is 1. The molecular formula is C14H18F2N2. The highest BCUT2D eigenvalue weighted by Crippen LogP contribution is 2.41. The number of hydrogen-bond acceptors (Lipinski definition) is 2. The van der Waals surface area contributed by atoms with Crippen LogP contribution < -0.4 is 5.32 Å². The van der Waals surface area contributed by atoms with E-state index in [0.717, 1.165) is 12.1 Å². The molecule has 3 rings (SSSR count). The summed E-state index contributed by atoms with van der Waals surface area (Å²) >= 11 is 0. The first-order valence-corrected chi connectivity index (χ1v) is 6.53. The summed E-state index contributed by atoms with van der Waals surface area (Å²) in [5, 5.41) is 3.23. The normalized spacial score (nSPS) is 31.2. The SMILES string of the molecule is FC1(F)CN(Cc2ccccc2)[C@H]2CNCC[C@H]21. The molecule has 2 heterocycles. The maximum Gasteiger partial charge on any atom is 0.264 e. The summed E-state index contributed by atoms with van der Waals surface area (Å²) in [6, 6.07) is 9.85. The Morgan fingerprint density at radius 2 is 2.06 bits per heavy atom. The molecule has 0 amide bonds. The molecule has 1 aromatic carbocycles. The highest BCUT2D eigenvalue weighted by atomic mass is 19.3. The summed E-state index contributed by atoms with van der Waals surface area (Å²) < 4.78 is 27.9. The van der Waals surface area contributed by atoms with E-state index in [2.05, 4.69) is 5.32 Å². The fraction of sp³-hybridized carbons (Fsp3) is 0.571. The second-order valence-corrected chi connectivity index (χ2v) is 5.32. The van der Waals surface area contributed by atoms with Gasteiger partial charge in [-0.2, -0.15) is 0 Å². The third-order valence-corrected chi connectivity index (χ3v) is 4.10. The summed E-state index contributed by atoms with van der Waals surface area (Å²) in [5.41, 5.74) is 1.11. The predicted octanol–water partition coefficient (Wildman–Crippen LogP) is 2.12. The quantitative estimate of drug-likeness (QED) is 0.867. The Bertz CT molecular complexity index is 408. The Kier molecular flexibility index (Phi) is 3.08. The molecule has 2 fully saturated rings. The van der Waals surface area contributed by atoms with E-state index < -0.39 is 11.8 Å². The van der Waals surface area contributed by atoms with Crippen LogP contribution in [0.5, 0.6) is 0 Å². The van der Waals surface area contributed by atoms with Crippen molar-refractivity contribution < 1.29 is 8.78 Å². The van der Waals surface area contributed by atoms with Crippen molar-refractivity contribution in [3.05, 3.63) is 35.9 Å². The first kappa shape index (κ1) is 12.1. The topological polar surface area (TPSA) is 15.3 Å². The molecule has 0 spiro atoms. The number of alkyl halides is 2. The molecule has 2 aliphatic rings. The van der Waals surface area contributed by atoms with E-state index in [0.29, 0.717) is 19.5 Å². The molecule has 0 radical (unpaired) electrons. The van der Waals surface area contributed by atoms with Gasteiger partial charge in [0, 0.05) is 25.0 Å². The summed E-state index contributed by atoms with van der Waals surface area (Å²) in [4.78, 5) is 1.94. The minimum atomic E-state index is -2.53. The molecule has 1 aromatic rings. The van der Waals surface area contributed by atoms with Crippen LogP contribution in [-0.2, 0) is 6.54 Å². The Hall–Kier alpha value is -1.00. The Balaban J connectivity index is 1.77. The molecule has 2 atom stereocenters. The van der Waals surface area contributed by atoms with Gasteiger partial charge in [-0.25, -0.2) is 8.78 Å². The van der Waals surface area contributed by atoms with Gasteiger partial charge in [0.25, 0.3) is 5.92 Å². The monoisotopic (exact) mass is 252 g/mol. The van der Waals surface area contributed by atoms with Gasteiger partial charge in [0.05, 0.1) is 6.54 Å². The van der Waals surface area contributed by atoms with Crippen molar-refractivity contribution in [3.63, 3.8) is 0 Å². The molecule has 98 valence electrons. The van der Waals surface area contributed by atoms with E-state index >= 15 is 0 Å². The van der Waals surface area contributed by atoms with Crippen LogP contribution in [-0.4, -0.2) is 36.5 Å². The Morgan fingerprint density at radius 1 is 1.28 bits per heavy atom. The van der Waals surface area contributed by atoms with Crippen LogP contribution in [0.15, 0.2) is 30.3 Å². The molecule has 2 nitrogen and oxygen atoms in total. The number of nitrogens with zero attached hydrogens (tertiary/aromatic N) is 1. The van der Waals surface area contributed by atoms with E-state index in [-0.39, 0.29) is 12.6 Å². The van der Waals surface area contributed by atoms with Crippen LogP contribution >= 0.6 is 0 Å². The second kappa shape index (κ2) is 4.59. The lowest BCUT2D eigenvalue weighted by atomic mass is 9.91. The van der Waals surface area contributed by atoms with Crippen molar-refractivity contribution in [2.75, 3.05) is 19.6 Å². The van der Waals surface area contributed by atoms with Crippen molar-refractivity contribution in [3.8, 4) is 0 Å². The average Bonchev–Trinajstić information content (AvgIpc) is 2.63. The van der Waals surface area contributed by atoms with Gasteiger partial charge in [0.15, 0.2) is 0 Å². The van der Waals surface area contributed by atoms with E-state index in [1.807, 2.05) is 35.2 Å². The number of nitrogens with one attached hydrogen (secondary N) is 1. The highest BCUT2D eigenvalue weighted by molar-refractivity contribution is 5.16. The smallest absolute Gasteiger partial charge is 0.264 e. The van der Waals surface area contributed by atoms with Gasteiger partial charge in [-0.15, -0.1) is 0 Å². The fourth-order valence-electron chi connectivity index (χ4n) is 3.21. The zero-order valence-corrected chi connectivity index (χ0v) is 10.3. The van der Waals surface area contributed by atoms with Gasteiger partial charge in [0.2, 0.25) is 0 Å². The minimum Gasteiger partial charge on any atom is -0.315 e. The van der Waals surface area contributed by atoms with Gasteiger partial charge in [-0.05, 0) is 18.5 Å². The lowest BCUT2D eigenvalue weighted by Crippen LogP contribution is -2.46. The molecule has 0 aliphatic carbocycles. The Morgan fingerprint density at radius 3 is 2.83 bits per heavy atom. The largest absolute Gasteiger partial charge is 0.315 e. The van der Waals surface area contributed by atoms with E-state index in [9.17, 15) is 8.78 Å². The van der Waals surface area contributed by atoms with Gasteiger partial charge < -0.3 is 5.32 Å². The van der Waals surface area contributed by atoms with Crippen LogP contribution in [0.2, 0.25) is 0 Å². The van der Waals surface area contributed by atoms with E-state index in [4.69, 9.17) is 0 Å². The fourth-order valence-corrected chi connectivity index (χ4v) is 3.21. The summed E-state index contributed by atoms with van der Waals surface area (Å²) in [5.74, 6) is -3.00. The van der Waals surface area contributed by atoms with Crippen LogP contribution in [0, 0.1) is 5.92 Å². The molecule has 18 heavy (non-hydrogen) atoms. The van der Waals surface area contributed by atoms with Gasteiger partial charge >= 0.3 is 0 Å². The molecule has 0 bridgehead atoms. The van der Waals surface area contributed by atoms with E-state index in [1.165, 1.54) is 0 Å². The molecule has 0 saturated carbocycles. The molecule has 0 unspecified atom stereocenters. The second-order valence-electron chi connectivity index (χ2n) is 5.32. The Labute approximate surface area is 106 Å². The van der Waals surface area contributed by atoms with Crippen LogP contribution in [0.3, 0.4) is 0 Å². The molecule has 0 aromatic heterocycles. The van der Waals surface area contributed by atoms with Gasteiger partial charge in [0.1, 0.15) is 0 Å². The zero-order valence-electron chi connectivity index (χ0n) is 10.3. The third kappa shape index (κ3) is 2.15. The van der Waals surface area contributed by atoms with Crippen molar-refractivity contribution in [1.29, 1.82) is 0 Å². The number of fused-ring (bicyclic) bond motifs is 1. The first-order valence-electron chi connectivity index (χ1n) is 6.53. The zero-order chi connectivity index (χ0) is 12.6. The van der Waals surface area contributed by atoms with Crippen molar-refractivity contribution >= 4 is 0 Å². The molecule has 1 N–H and O–H groups in total. The van der Waals surface area contributed by atoms with Crippen LogP contribution in [0.1, 0.15) is 12.0 Å². The minimum absolute atomic E-state index is 0.0195. The molecular weight excluding hydrogens is 234 g/mol. The summed E-state index contributed by atoms with van der Waals surface area (Å²) in [7, 11) is 0. The average molecular weight is 252 g/mol. The van der Waals surface area contributed by atoms with Crippen molar-refractivity contribution in [1.82, 2.24) is 10.2 Å². The summed E-state index contributed by atoms with van der Waals surface area (Å²) in [6.45, 7) is 1.93. The molecule has 2 aliphatic heterocycles. The number of halogens is 2. The van der Waals surface area contributed by atoms with Crippen LogP contribution in [0.25, 0.3) is 0 Å². The van der Waals surface area contributed by atoms with Crippen molar-refractivity contribution in [2.45, 2.75) is 24.9 Å². The van der Waals surface area contributed by atoms with Gasteiger partial charge in [-0.3, -0.25) is 4.90 Å². The predicted molar refractivity (Wildman–Crippen MR) is 66.6 cm³/mol. The van der Waals surface area contributed by atoms with E-state index in [1.54, 1.807) is 0 Å². The van der Waals surface area contributed by atoms with Crippen LogP contribution in [0.4, 0.5) is 8.78 Å². The first-order chi connectivity index (χ1) is 8.67. The summed E-state index contributed by atoms with van der Waals surface area (Å²) in [6.07, 6.45) is 0.586. The maximum absolute atomic E-state index is 14.0. The number of rotatable bonds is 2. The lowest BCUT2D eigenvalue weighted by molar-refractivity contribution is -0.0358. The van der Waals surface area contributed by atoms with Crippen molar-refractivity contribution in [2.24, 2.45) is 5.92 Å². The maximum atomic E-state index is 14.0. The number of piperidine rings is 1. The molecule has 4 heteroatoms. The third-order valence-electron chi connectivity index (χ3n) is 4.10. The lowest BCUT2D eigenvalue weighted by Gasteiger charge is -2.32. The standard InChI is InChI=1S/C14H18F2N2/c15-14(16)10-18(9-11-4-2-1-3-5-11)13-8-17-7-6-12(13)14/h1-5,12-13,17H,6-10H2/t12-,13+/m1/s1.